The maximum atomic E-state index is 12.7. The van der Waals surface area contributed by atoms with E-state index in [1.165, 1.54) is 0 Å². The van der Waals surface area contributed by atoms with Crippen LogP contribution in [0.3, 0.4) is 0 Å². The van der Waals surface area contributed by atoms with Crippen LogP contribution in [-0.4, -0.2) is 18.3 Å². The molecule has 2 aromatic carbocycles. The van der Waals surface area contributed by atoms with Crippen molar-refractivity contribution in [3.8, 4) is 5.75 Å². The molecule has 0 N–H and O–H groups in total. The van der Waals surface area contributed by atoms with Gasteiger partial charge in [-0.05, 0) is 58.0 Å². The lowest BCUT2D eigenvalue weighted by atomic mass is 10.2. The second-order valence-corrected chi connectivity index (χ2v) is 8.15. The third-order valence-corrected chi connectivity index (χ3v) is 5.65. The summed E-state index contributed by atoms with van der Waals surface area (Å²) in [4.78, 5) is 26.5. The van der Waals surface area contributed by atoms with Crippen molar-refractivity contribution in [1.82, 2.24) is 0 Å². The van der Waals surface area contributed by atoms with Crippen molar-refractivity contribution in [2.24, 2.45) is 0 Å². The largest absolute Gasteiger partial charge is 0.495 e. The Morgan fingerprint density at radius 3 is 2.60 bits per heavy atom. The van der Waals surface area contributed by atoms with Crippen molar-refractivity contribution in [2.45, 2.75) is 0 Å². The monoisotopic (exact) mass is 501 g/mol. The van der Waals surface area contributed by atoms with Crippen molar-refractivity contribution < 1.29 is 14.3 Å². The summed E-state index contributed by atoms with van der Waals surface area (Å²) in [6.45, 7) is 0. The molecule has 0 spiro atoms. The van der Waals surface area contributed by atoms with Gasteiger partial charge in [0, 0.05) is 10.0 Å². The van der Waals surface area contributed by atoms with E-state index in [-0.39, 0.29) is 0 Å². The highest BCUT2D eigenvalue weighted by Crippen LogP contribution is 2.40. The summed E-state index contributed by atoms with van der Waals surface area (Å²) in [6.07, 6.45) is 1.64. The van der Waals surface area contributed by atoms with Gasteiger partial charge < -0.3 is 4.74 Å². The van der Waals surface area contributed by atoms with Crippen LogP contribution in [0.15, 0.2) is 50.2 Å². The van der Waals surface area contributed by atoms with Crippen molar-refractivity contribution in [3.63, 3.8) is 0 Å². The molecule has 0 atom stereocenters. The smallest absolute Gasteiger partial charge is 0.298 e. The zero-order valence-corrected chi connectivity index (χ0v) is 17.5. The van der Waals surface area contributed by atoms with Gasteiger partial charge >= 0.3 is 0 Å². The fraction of sp³-hybridized carbons (Fsp3) is 0.0588. The van der Waals surface area contributed by atoms with Gasteiger partial charge in [0.15, 0.2) is 0 Å². The maximum Gasteiger partial charge on any atom is 0.298 e. The number of methoxy groups -OCH3 is 1. The molecule has 0 aliphatic carbocycles. The highest BCUT2D eigenvalue weighted by atomic mass is 79.9. The van der Waals surface area contributed by atoms with Gasteiger partial charge in [-0.2, -0.15) is 0 Å². The first-order valence-electron chi connectivity index (χ1n) is 6.98. The number of amides is 2. The molecule has 128 valence electrons. The van der Waals surface area contributed by atoms with Crippen LogP contribution in [0.1, 0.15) is 5.56 Å². The molecule has 0 unspecified atom stereocenters. The van der Waals surface area contributed by atoms with Gasteiger partial charge in [0.25, 0.3) is 11.1 Å². The molecule has 2 aromatic rings. The number of benzene rings is 2. The van der Waals surface area contributed by atoms with Crippen LogP contribution >= 0.6 is 55.2 Å². The molecule has 0 aromatic heterocycles. The van der Waals surface area contributed by atoms with Gasteiger partial charge in [-0.15, -0.1) is 0 Å². The van der Waals surface area contributed by atoms with E-state index in [1.807, 2.05) is 12.1 Å². The molecule has 25 heavy (non-hydrogen) atoms. The summed E-state index contributed by atoms with van der Waals surface area (Å²) in [7, 11) is 1.54. The lowest BCUT2D eigenvalue weighted by molar-refractivity contribution is -0.113. The first kappa shape index (κ1) is 18.5. The number of anilines is 1. The number of carbonyl (C=O) groups excluding carboxylic acids is 2. The van der Waals surface area contributed by atoms with E-state index in [0.29, 0.717) is 26.9 Å². The summed E-state index contributed by atoms with van der Waals surface area (Å²) in [5.74, 6) is 0.161. The zero-order valence-electron chi connectivity index (χ0n) is 12.8. The van der Waals surface area contributed by atoms with E-state index < -0.39 is 11.1 Å². The highest BCUT2D eigenvalue weighted by Gasteiger charge is 2.37. The lowest BCUT2D eigenvalue weighted by Crippen LogP contribution is -2.27. The molecule has 3 rings (SSSR count). The van der Waals surface area contributed by atoms with E-state index in [1.54, 1.807) is 37.5 Å². The normalized spacial score (nSPS) is 16.0. The predicted octanol–water partition coefficient (Wildman–Crippen LogP) is 6.11. The number of ether oxygens (including phenoxy) is 1. The second kappa shape index (κ2) is 7.53. The first-order chi connectivity index (χ1) is 11.9. The lowest BCUT2D eigenvalue weighted by Gasteiger charge is -2.13. The topological polar surface area (TPSA) is 46.6 Å². The third kappa shape index (κ3) is 3.65. The molecule has 1 heterocycles. The molecular weight excluding hydrogens is 494 g/mol. The standard InChI is InChI=1S/C17H10Br2ClNO3S/c1-24-15-9(6-10(18)8-11(15)19)7-14-16(22)21(17(23)25-14)13-5-3-2-4-12(13)20/h2-8H,1H3/b14-7-. The summed E-state index contributed by atoms with van der Waals surface area (Å²) >= 11 is 13.8. The third-order valence-electron chi connectivity index (χ3n) is 3.41. The van der Waals surface area contributed by atoms with E-state index >= 15 is 0 Å². The Hall–Kier alpha value is -1.28. The van der Waals surface area contributed by atoms with Gasteiger partial charge in [0.05, 0.1) is 27.2 Å². The molecular formula is C17H10Br2ClNO3S. The zero-order chi connectivity index (χ0) is 18.1. The van der Waals surface area contributed by atoms with Crippen molar-refractivity contribution in [3.05, 3.63) is 60.8 Å². The Kier molecular flexibility index (Phi) is 5.58. The molecule has 4 nitrogen and oxygen atoms in total. The number of halogens is 3. The van der Waals surface area contributed by atoms with Gasteiger partial charge in [-0.25, -0.2) is 4.90 Å². The van der Waals surface area contributed by atoms with Crippen molar-refractivity contribution in [2.75, 3.05) is 12.0 Å². The molecule has 8 heteroatoms. The number of hydrogen-bond donors (Lipinski definition) is 0. The molecule has 0 bridgehead atoms. The SMILES string of the molecule is COc1c(Br)cc(Br)cc1/C=C1\SC(=O)N(c2ccccc2Cl)C1=O. The van der Waals surface area contributed by atoms with E-state index in [4.69, 9.17) is 16.3 Å². The van der Waals surface area contributed by atoms with E-state index in [2.05, 4.69) is 31.9 Å². The number of rotatable bonds is 3. The molecule has 1 aliphatic rings. The molecule has 2 amide bonds. The van der Waals surface area contributed by atoms with E-state index in [0.717, 1.165) is 25.6 Å². The molecule has 1 fully saturated rings. The van der Waals surface area contributed by atoms with Crippen LogP contribution in [0.5, 0.6) is 5.75 Å². The molecule has 1 saturated heterocycles. The number of hydrogen-bond acceptors (Lipinski definition) is 4. The van der Waals surface area contributed by atoms with Gasteiger partial charge in [0.1, 0.15) is 5.75 Å². The molecule has 0 saturated carbocycles. The molecule has 1 aliphatic heterocycles. The number of nitrogens with zero attached hydrogens (tertiary/aromatic N) is 1. The summed E-state index contributed by atoms with van der Waals surface area (Å²) in [6, 6.07) is 10.4. The summed E-state index contributed by atoms with van der Waals surface area (Å²) in [5, 5.41) is -0.0498. The summed E-state index contributed by atoms with van der Waals surface area (Å²) in [5.41, 5.74) is 1.05. The minimum atomic E-state index is -0.416. The highest BCUT2D eigenvalue weighted by molar-refractivity contribution is 9.11. The quantitative estimate of drug-likeness (QED) is 0.474. The Morgan fingerprint density at radius 2 is 1.92 bits per heavy atom. The van der Waals surface area contributed by atoms with Crippen molar-refractivity contribution >= 4 is 78.1 Å². The number of carbonyl (C=O) groups is 2. The minimum Gasteiger partial charge on any atom is -0.495 e. The predicted molar refractivity (Wildman–Crippen MR) is 108 cm³/mol. The van der Waals surface area contributed by atoms with Crippen LogP contribution < -0.4 is 9.64 Å². The van der Waals surface area contributed by atoms with Gasteiger partial charge in [-0.3, -0.25) is 9.59 Å². The van der Waals surface area contributed by atoms with Crippen LogP contribution in [0.4, 0.5) is 10.5 Å². The fourth-order valence-electron chi connectivity index (χ4n) is 2.35. The number of thioether (sulfide) groups is 1. The Labute approximate surface area is 170 Å². The average Bonchev–Trinajstić information content (AvgIpc) is 2.82. The Balaban J connectivity index is 2.04. The molecule has 0 radical (unpaired) electrons. The van der Waals surface area contributed by atoms with Crippen LogP contribution in [-0.2, 0) is 4.79 Å². The fourth-order valence-corrected chi connectivity index (χ4v) is 4.82. The van der Waals surface area contributed by atoms with Crippen LogP contribution in [0, 0.1) is 0 Å². The van der Waals surface area contributed by atoms with Crippen LogP contribution in [0.2, 0.25) is 5.02 Å². The number of para-hydroxylation sites is 1. The van der Waals surface area contributed by atoms with E-state index in [9.17, 15) is 9.59 Å². The Morgan fingerprint density at radius 1 is 1.20 bits per heavy atom. The van der Waals surface area contributed by atoms with Gasteiger partial charge in [0.2, 0.25) is 0 Å². The maximum absolute atomic E-state index is 12.7. The minimum absolute atomic E-state index is 0.299. The second-order valence-electron chi connectivity index (χ2n) is 4.98. The van der Waals surface area contributed by atoms with Gasteiger partial charge in [-0.1, -0.05) is 39.7 Å². The van der Waals surface area contributed by atoms with Crippen LogP contribution in [0.25, 0.3) is 6.08 Å². The first-order valence-corrected chi connectivity index (χ1v) is 9.76. The average molecular weight is 504 g/mol. The summed E-state index contributed by atoms with van der Waals surface area (Å²) < 4.78 is 6.94. The number of imide groups is 1. The van der Waals surface area contributed by atoms with Crippen molar-refractivity contribution in [1.29, 1.82) is 0 Å². The Bertz CT molecular complexity index is 917.